The number of nitrogens with zero attached hydrogens (tertiary/aromatic N) is 2. The molecule has 1 unspecified atom stereocenters. The van der Waals surface area contributed by atoms with Gasteiger partial charge >= 0.3 is 12.4 Å². The Morgan fingerprint density at radius 2 is 1.74 bits per heavy atom. The monoisotopic (exact) mass is 718 g/mol. The number of nitrogens with two attached hydrogens (primary N) is 1. The van der Waals surface area contributed by atoms with Gasteiger partial charge in [-0.1, -0.05) is 29.3 Å². The molecule has 1 atom stereocenters. The first-order chi connectivity index (χ1) is 21.8. The number of aromatic nitrogens is 3. The van der Waals surface area contributed by atoms with Gasteiger partial charge in [-0.25, -0.2) is 13.8 Å². The van der Waals surface area contributed by atoms with Crippen molar-refractivity contribution in [2.75, 3.05) is 6.61 Å². The molecular formula is C28H28Cl2F8N6O3. The van der Waals surface area contributed by atoms with Crippen LogP contribution in [0, 0.1) is 5.92 Å². The first kappa shape index (κ1) is 36.4. The lowest BCUT2D eigenvalue weighted by Gasteiger charge is -2.30. The van der Waals surface area contributed by atoms with Crippen LogP contribution in [0.2, 0.25) is 10.0 Å². The first-order valence-electron chi connectivity index (χ1n) is 14.1. The second-order valence-corrected chi connectivity index (χ2v) is 12.0. The Hall–Kier alpha value is -3.44. The molecule has 2 aromatic heterocycles. The molecule has 5 N–H and O–H groups in total. The Bertz CT molecular complexity index is 1620. The quantitative estimate of drug-likeness (QED) is 0.183. The fraction of sp³-hybridized carbons (Fsp3) is 0.500. The number of hydrogen-bond donors (Lipinski definition) is 4. The molecule has 258 valence electrons. The molecule has 2 heterocycles. The van der Waals surface area contributed by atoms with Crippen LogP contribution in [0.3, 0.4) is 0 Å². The highest BCUT2D eigenvalue weighted by Crippen LogP contribution is 2.38. The summed E-state index contributed by atoms with van der Waals surface area (Å²) in [5.41, 5.74) is 2.32. The highest BCUT2D eigenvalue weighted by atomic mass is 35.5. The lowest BCUT2D eigenvalue weighted by atomic mass is 9.85. The number of imidazole rings is 1. The number of H-pyrrole nitrogens is 1. The van der Waals surface area contributed by atoms with Gasteiger partial charge in [-0.2, -0.15) is 31.3 Å². The molecule has 1 aliphatic rings. The lowest BCUT2D eigenvalue weighted by Crippen LogP contribution is -2.61. The molecule has 47 heavy (non-hydrogen) atoms. The zero-order chi connectivity index (χ0) is 34.9. The maximum absolute atomic E-state index is 13.1. The van der Waals surface area contributed by atoms with Crippen LogP contribution < -0.4 is 21.1 Å². The number of rotatable bonds is 10. The molecule has 1 aromatic carbocycles. The van der Waals surface area contributed by atoms with Gasteiger partial charge < -0.3 is 26.1 Å². The largest absolute Gasteiger partial charge is 0.471 e. The van der Waals surface area contributed by atoms with E-state index in [2.05, 4.69) is 25.6 Å². The number of pyridine rings is 1. The Labute approximate surface area is 271 Å². The third-order valence-corrected chi connectivity index (χ3v) is 8.54. The van der Waals surface area contributed by atoms with Gasteiger partial charge in [-0.05, 0) is 55.9 Å². The summed E-state index contributed by atoms with van der Waals surface area (Å²) in [6.45, 7) is -1.00. The smallest absolute Gasteiger partial charge is 0.415 e. The van der Waals surface area contributed by atoms with Crippen molar-refractivity contribution >= 4 is 46.2 Å². The van der Waals surface area contributed by atoms with Gasteiger partial charge in [0.25, 0.3) is 12.3 Å². The van der Waals surface area contributed by atoms with E-state index in [1.54, 1.807) is 0 Å². The minimum atomic E-state index is -5.01. The normalized spacial score (nSPS) is 18.7. The molecule has 1 fully saturated rings. The summed E-state index contributed by atoms with van der Waals surface area (Å²) in [5.74, 6) is -4.06. The van der Waals surface area contributed by atoms with Gasteiger partial charge in [0.1, 0.15) is 11.4 Å². The molecule has 0 aliphatic heterocycles. The lowest BCUT2D eigenvalue weighted by molar-refractivity contribution is -0.187. The topological polar surface area (TPSA) is 135 Å². The highest BCUT2D eigenvalue weighted by Gasteiger charge is 2.53. The number of nitrogens with one attached hydrogen (secondary N) is 3. The summed E-state index contributed by atoms with van der Waals surface area (Å²) in [4.78, 5) is 36.6. The molecule has 2 amide bonds. The number of fused-ring (bicyclic) bond motifs is 1. The van der Waals surface area contributed by atoms with Crippen molar-refractivity contribution < 1.29 is 49.4 Å². The molecule has 0 spiro atoms. The Morgan fingerprint density at radius 1 is 1.09 bits per heavy atom. The SMILES string of the molecule is CC(N)(C(=O)NCc1ccc(Cl)c(Cc2nc3nc(OCC(F)F)c(C(=O)NC4CCC(C(F)(F)F)CC4)cc3[nH]2)c1Cl)C(F)(F)F. The number of halogens is 10. The molecular weight excluding hydrogens is 691 g/mol. The van der Waals surface area contributed by atoms with Gasteiger partial charge in [0, 0.05) is 24.0 Å². The second kappa shape index (κ2) is 14.0. The summed E-state index contributed by atoms with van der Waals surface area (Å²) in [6.07, 6.45) is -12.6. The molecule has 0 radical (unpaired) electrons. The fourth-order valence-electron chi connectivity index (χ4n) is 4.90. The number of benzene rings is 1. The zero-order valence-electron chi connectivity index (χ0n) is 24.4. The maximum atomic E-state index is 13.1. The van der Waals surface area contributed by atoms with Gasteiger partial charge in [0.05, 0.1) is 16.5 Å². The molecule has 0 saturated heterocycles. The van der Waals surface area contributed by atoms with Gasteiger partial charge in [0.15, 0.2) is 17.8 Å². The van der Waals surface area contributed by atoms with E-state index in [-0.39, 0.29) is 75.8 Å². The van der Waals surface area contributed by atoms with Crippen molar-refractivity contribution in [3.63, 3.8) is 0 Å². The van der Waals surface area contributed by atoms with Crippen LogP contribution in [0.25, 0.3) is 11.2 Å². The minimum Gasteiger partial charge on any atom is -0.471 e. The van der Waals surface area contributed by atoms with Crippen molar-refractivity contribution in [2.45, 2.75) is 75.9 Å². The van der Waals surface area contributed by atoms with E-state index in [9.17, 15) is 44.7 Å². The van der Waals surface area contributed by atoms with Crippen molar-refractivity contribution in [2.24, 2.45) is 11.7 Å². The second-order valence-electron chi connectivity index (χ2n) is 11.2. The van der Waals surface area contributed by atoms with Gasteiger partial charge in [-0.15, -0.1) is 0 Å². The Kier molecular flexibility index (Phi) is 10.8. The average Bonchev–Trinajstić information content (AvgIpc) is 3.37. The fourth-order valence-corrected chi connectivity index (χ4v) is 5.47. The number of hydrogen-bond acceptors (Lipinski definition) is 6. The summed E-state index contributed by atoms with van der Waals surface area (Å²) >= 11 is 12.8. The highest BCUT2D eigenvalue weighted by molar-refractivity contribution is 6.36. The van der Waals surface area contributed by atoms with Crippen molar-refractivity contribution in [1.82, 2.24) is 25.6 Å². The van der Waals surface area contributed by atoms with E-state index in [0.717, 1.165) is 0 Å². The van der Waals surface area contributed by atoms with Crippen LogP contribution in [0.1, 0.15) is 59.9 Å². The summed E-state index contributed by atoms with van der Waals surface area (Å²) in [5, 5.41) is 4.86. The number of ether oxygens (including phenoxy) is 1. The molecule has 19 heteroatoms. The van der Waals surface area contributed by atoms with E-state index in [0.29, 0.717) is 6.92 Å². The molecule has 3 aromatic rings. The molecule has 4 rings (SSSR count). The van der Waals surface area contributed by atoms with Crippen LogP contribution in [0.4, 0.5) is 35.1 Å². The van der Waals surface area contributed by atoms with Gasteiger partial charge in [-0.3, -0.25) is 9.59 Å². The summed E-state index contributed by atoms with van der Waals surface area (Å²) < 4.78 is 109. The van der Waals surface area contributed by atoms with Crippen molar-refractivity contribution in [3.8, 4) is 5.88 Å². The summed E-state index contributed by atoms with van der Waals surface area (Å²) in [6, 6.07) is 3.45. The van der Waals surface area contributed by atoms with Gasteiger partial charge in [0.2, 0.25) is 11.8 Å². The van der Waals surface area contributed by atoms with E-state index >= 15 is 0 Å². The average molecular weight is 719 g/mol. The van der Waals surface area contributed by atoms with E-state index in [4.69, 9.17) is 33.7 Å². The Balaban J connectivity index is 1.55. The minimum absolute atomic E-state index is 0.00165. The van der Waals surface area contributed by atoms with Crippen molar-refractivity contribution in [3.05, 3.63) is 50.8 Å². The third-order valence-electron chi connectivity index (χ3n) is 7.71. The standard InChI is InChI=1S/C28H28Cl2F8N6O3/c1-26(39,28(36,37)38)25(46)40-10-12-2-7-17(29)15(21(12)30)9-20-42-18-8-16(24(44-22(18)43-20)47-11-19(31)32)23(45)41-14-5-3-13(4-6-14)27(33,34)35/h2,7-8,13-14,19H,3-6,9-11,39H2,1H3,(H,40,46)(H,41,45)(H,42,43,44). The first-order valence-corrected chi connectivity index (χ1v) is 14.8. The Morgan fingerprint density at radius 3 is 2.34 bits per heavy atom. The van der Waals surface area contributed by atoms with E-state index in [1.165, 1.54) is 18.2 Å². The number of aromatic amines is 1. The van der Waals surface area contributed by atoms with E-state index in [1.807, 2.05) is 0 Å². The zero-order valence-corrected chi connectivity index (χ0v) is 25.9. The molecule has 9 nitrogen and oxygen atoms in total. The van der Waals surface area contributed by atoms with Crippen LogP contribution in [0.5, 0.6) is 5.88 Å². The van der Waals surface area contributed by atoms with E-state index < -0.39 is 67.1 Å². The number of alkyl halides is 8. The van der Waals surface area contributed by atoms with Crippen LogP contribution in [0.15, 0.2) is 18.2 Å². The predicted octanol–water partition coefficient (Wildman–Crippen LogP) is 6.25. The number of carbonyl (C=O) groups excluding carboxylic acids is 2. The molecule has 0 bridgehead atoms. The maximum Gasteiger partial charge on any atom is 0.415 e. The number of carbonyl (C=O) groups is 2. The van der Waals surface area contributed by atoms with Crippen LogP contribution in [-0.4, -0.2) is 63.7 Å². The van der Waals surface area contributed by atoms with Crippen LogP contribution in [-0.2, 0) is 17.8 Å². The number of amides is 2. The summed E-state index contributed by atoms with van der Waals surface area (Å²) in [7, 11) is 0. The van der Waals surface area contributed by atoms with Crippen LogP contribution >= 0.6 is 23.2 Å². The molecule has 1 aliphatic carbocycles. The molecule has 1 saturated carbocycles. The third kappa shape index (κ3) is 8.54. The van der Waals surface area contributed by atoms with Crippen molar-refractivity contribution in [1.29, 1.82) is 0 Å². The predicted molar refractivity (Wildman–Crippen MR) is 154 cm³/mol.